The maximum atomic E-state index is 10.4. The van der Waals surface area contributed by atoms with Crippen LogP contribution in [0.25, 0.3) is 0 Å². The smallest absolute Gasteiger partial charge is 0.268 e. The maximum Gasteiger partial charge on any atom is 0.268 e. The minimum atomic E-state index is -0.828. The lowest BCUT2D eigenvalue weighted by atomic mass is 10.1. The van der Waals surface area contributed by atoms with Gasteiger partial charge in [0.15, 0.2) is 5.75 Å². The van der Waals surface area contributed by atoms with Crippen molar-refractivity contribution in [1.82, 2.24) is 0 Å². The number of alkyl halides is 1. The van der Waals surface area contributed by atoms with Gasteiger partial charge in [-0.05, 0) is 0 Å². The molecule has 1 aromatic rings. The minimum absolute atomic E-state index is 0.0293. The van der Waals surface area contributed by atoms with Crippen LogP contribution in [0, 0.1) is 0 Å². The largest absolute Gasteiger partial charge is 0.504 e. The lowest BCUT2D eigenvalue weighted by Gasteiger charge is -1.97. The zero-order valence-electron chi connectivity index (χ0n) is 4.35. The highest BCUT2D eigenvalue weighted by atomic mass is 35.5. The molecule has 9 heavy (non-hydrogen) atoms. The zero-order valence-corrected chi connectivity index (χ0v) is 5.10. The molecule has 0 unspecified atom stereocenters. The summed E-state index contributed by atoms with van der Waals surface area (Å²) in [6.07, 6.45) is 0. The van der Waals surface area contributed by atoms with Gasteiger partial charge in [0.2, 0.25) is 5.43 Å². The van der Waals surface area contributed by atoms with Crippen LogP contribution in [0.15, 0.2) is 9.59 Å². The topological polar surface area (TPSA) is 54.4 Å². The van der Waals surface area contributed by atoms with E-state index in [1.807, 2.05) is 0 Å². The first-order valence-corrected chi connectivity index (χ1v) is 2.79. The van der Waals surface area contributed by atoms with Crippen LogP contribution in [-0.2, 0) is 5.88 Å². The molecule has 0 aliphatic carbocycles. The zero-order chi connectivity index (χ0) is 7.02. The number of rotatable bonds is 1. The highest BCUT2D eigenvalue weighted by molar-refractivity contribution is 6.17. The number of hydrogen-bond acceptors (Lipinski definition) is 3. The Bertz CT molecular complexity index is 295. The summed E-state index contributed by atoms with van der Waals surface area (Å²) < 4.78 is 0. The van der Waals surface area contributed by atoms with Gasteiger partial charge in [-0.25, -0.2) is 0 Å². The summed E-state index contributed by atoms with van der Waals surface area (Å²) in [6.45, 7) is 0. The predicted molar refractivity (Wildman–Crippen MR) is 32.6 cm³/mol. The Hall–Kier alpha value is -0.830. The molecule has 0 amide bonds. The van der Waals surface area contributed by atoms with Crippen LogP contribution in [0.2, 0.25) is 0 Å². The molecule has 1 rings (SSSR count). The van der Waals surface area contributed by atoms with Gasteiger partial charge in [0, 0.05) is 0 Å². The number of hydrogen-bond donors (Lipinski definition) is 1. The van der Waals surface area contributed by atoms with E-state index in [9.17, 15) is 9.59 Å². The van der Waals surface area contributed by atoms with Crippen LogP contribution in [-0.4, -0.2) is 5.11 Å². The first kappa shape index (κ1) is 6.29. The fraction of sp³-hybridized carbons (Fsp3) is 0.200. The van der Waals surface area contributed by atoms with Crippen molar-refractivity contribution < 1.29 is 5.11 Å². The first-order valence-electron chi connectivity index (χ1n) is 2.25. The normalized spacial score (nSPS) is 10.3. The molecule has 3 nitrogen and oxygen atoms in total. The van der Waals surface area contributed by atoms with Crippen LogP contribution >= 0.6 is 11.6 Å². The Morgan fingerprint density at radius 3 is 2.11 bits per heavy atom. The Kier molecular flexibility index (Phi) is 1.29. The Labute approximate surface area is 55.2 Å². The molecule has 48 valence electrons. The average Bonchev–Trinajstić information content (AvgIpc) is 1.89. The highest BCUT2D eigenvalue weighted by Crippen LogP contribution is 2.09. The fourth-order valence-corrected chi connectivity index (χ4v) is 0.799. The fourth-order valence-electron chi connectivity index (χ4n) is 0.551. The first-order chi connectivity index (χ1) is 4.18. The SMILES string of the molecule is O=c1c(O)c(CCl)c1=O. The summed E-state index contributed by atoms with van der Waals surface area (Å²) in [5.41, 5.74) is -1.46. The molecule has 1 N–H and O–H groups in total. The van der Waals surface area contributed by atoms with Crippen LogP contribution in [0.5, 0.6) is 5.75 Å². The highest BCUT2D eigenvalue weighted by Gasteiger charge is 2.17. The number of halogens is 1. The summed E-state index contributed by atoms with van der Waals surface area (Å²) in [4.78, 5) is 20.6. The molecule has 4 heteroatoms. The van der Waals surface area contributed by atoms with Crippen molar-refractivity contribution in [2.24, 2.45) is 0 Å². The van der Waals surface area contributed by atoms with E-state index in [2.05, 4.69) is 0 Å². The second kappa shape index (κ2) is 1.84. The molecule has 0 spiro atoms. The lowest BCUT2D eigenvalue weighted by Crippen LogP contribution is -2.33. The monoisotopic (exact) mass is 146 g/mol. The molecule has 0 heterocycles. The van der Waals surface area contributed by atoms with E-state index in [-0.39, 0.29) is 11.4 Å². The van der Waals surface area contributed by atoms with Gasteiger partial charge in [-0.15, -0.1) is 11.6 Å². The van der Waals surface area contributed by atoms with E-state index in [4.69, 9.17) is 16.7 Å². The molecule has 0 aliphatic heterocycles. The summed E-state index contributed by atoms with van der Waals surface area (Å²) in [5.74, 6) is -0.564. The average molecular weight is 147 g/mol. The second-order valence-electron chi connectivity index (χ2n) is 1.62. The van der Waals surface area contributed by atoms with Crippen molar-refractivity contribution in [2.75, 3.05) is 0 Å². The molecular weight excluding hydrogens is 144 g/mol. The van der Waals surface area contributed by atoms with Crippen LogP contribution in [0.1, 0.15) is 5.56 Å². The second-order valence-corrected chi connectivity index (χ2v) is 1.89. The molecule has 0 radical (unpaired) electrons. The van der Waals surface area contributed by atoms with Gasteiger partial charge in [-0.1, -0.05) is 0 Å². The van der Waals surface area contributed by atoms with Gasteiger partial charge < -0.3 is 5.11 Å². The van der Waals surface area contributed by atoms with Crippen molar-refractivity contribution in [1.29, 1.82) is 0 Å². The molecule has 0 aliphatic rings. The molecule has 1 aromatic carbocycles. The summed E-state index contributed by atoms with van der Waals surface area (Å²) in [7, 11) is 0. The Morgan fingerprint density at radius 1 is 1.33 bits per heavy atom. The van der Waals surface area contributed by atoms with Crippen molar-refractivity contribution in [3.05, 3.63) is 26.0 Å². The molecule has 0 bridgehead atoms. The molecule has 0 atom stereocenters. The Balaban J connectivity index is 3.25. The van der Waals surface area contributed by atoms with Gasteiger partial charge in [0.1, 0.15) is 0 Å². The third-order valence-electron chi connectivity index (χ3n) is 1.11. The Morgan fingerprint density at radius 2 is 1.89 bits per heavy atom. The van der Waals surface area contributed by atoms with Crippen molar-refractivity contribution in [2.45, 2.75) is 5.88 Å². The third-order valence-corrected chi connectivity index (χ3v) is 1.38. The van der Waals surface area contributed by atoms with Gasteiger partial charge in [-0.2, -0.15) is 0 Å². The van der Waals surface area contributed by atoms with Crippen molar-refractivity contribution >= 4 is 11.6 Å². The maximum absolute atomic E-state index is 10.4. The van der Waals surface area contributed by atoms with E-state index in [1.54, 1.807) is 0 Å². The summed E-state index contributed by atoms with van der Waals surface area (Å²) in [6, 6.07) is 0. The van der Waals surface area contributed by atoms with Gasteiger partial charge in [0.05, 0.1) is 11.4 Å². The molecule has 0 fully saturated rings. The van der Waals surface area contributed by atoms with E-state index in [0.29, 0.717) is 0 Å². The predicted octanol–water partition coefficient (Wildman–Crippen LogP) is -0.273. The van der Waals surface area contributed by atoms with Gasteiger partial charge in [-0.3, -0.25) is 9.59 Å². The van der Waals surface area contributed by atoms with Crippen LogP contribution in [0.3, 0.4) is 0 Å². The third kappa shape index (κ3) is 0.650. The van der Waals surface area contributed by atoms with E-state index < -0.39 is 16.6 Å². The number of aromatic hydroxyl groups is 1. The van der Waals surface area contributed by atoms with E-state index in [1.165, 1.54) is 0 Å². The summed E-state index contributed by atoms with van der Waals surface area (Å²) in [5, 5.41) is 8.57. The van der Waals surface area contributed by atoms with E-state index in [0.717, 1.165) is 0 Å². The molecule has 0 saturated carbocycles. The van der Waals surface area contributed by atoms with Crippen molar-refractivity contribution in [3.63, 3.8) is 0 Å². The van der Waals surface area contributed by atoms with Crippen LogP contribution in [0.4, 0.5) is 0 Å². The minimum Gasteiger partial charge on any atom is -0.504 e. The van der Waals surface area contributed by atoms with Gasteiger partial charge >= 0.3 is 0 Å². The standard InChI is InChI=1S/C5H3ClO3/c6-1-2-3(7)5(9)4(2)8/h7H,1H2. The quantitative estimate of drug-likeness (QED) is 0.438. The van der Waals surface area contributed by atoms with Gasteiger partial charge in [0.25, 0.3) is 5.43 Å². The molecular formula is C5H3ClO3. The summed E-state index contributed by atoms with van der Waals surface area (Å²) >= 11 is 5.17. The van der Waals surface area contributed by atoms with Crippen LogP contribution < -0.4 is 10.9 Å². The van der Waals surface area contributed by atoms with E-state index >= 15 is 0 Å². The van der Waals surface area contributed by atoms with Crippen molar-refractivity contribution in [3.8, 4) is 5.75 Å². The molecule has 0 saturated heterocycles. The molecule has 0 aromatic heterocycles. The lowest BCUT2D eigenvalue weighted by molar-refractivity contribution is 0.456.